The van der Waals surface area contributed by atoms with Crippen LogP contribution in [0.2, 0.25) is 0 Å². The standard InChI is InChI=1S/C19H19BN2O8/c1-21-8-9-3-2-4-10(5-9)17(24)22-14-7-11-15(23)12(18(25)26)6-13(19(27)28)16(11)30-20(14)29/h2-6,14,21,23,29H,7-8H2,1H3,(H,22,24)(H,25,26)(H,27,28)/t14-/m0/s1. The highest BCUT2D eigenvalue weighted by atomic mass is 16.5. The molecule has 2 aromatic rings. The van der Waals surface area contributed by atoms with Gasteiger partial charge in [-0.15, -0.1) is 0 Å². The van der Waals surface area contributed by atoms with Gasteiger partial charge in [-0.05, 0) is 37.2 Å². The first-order valence-corrected chi connectivity index (χ1v) is 8.97. The van der Waals surface area contributed by atoms with Gasteiger partial charge in [0.05, 0.1) is 5.94 Å². The smallest absolute Gasteiger partial charge is 0.534 e. The Bertz CT molecular complexity index is 1030. The summed E-state index contributed by atoms with van der Waals surface area (Å²) in [6.45, 7) is 0.549. The maximum Gasteiger partial charge on any atom is 0.547 e. The summed E-state index contributed by atoms with van der Waals surface area (Å²) in [7, 11) is 0.165. The molecule has 0 aromatic heterocycles. The molecule has 6 N–H and O–H groups in total. The summed E-state index contributed by atoms with van der Waals surface area (Å²) in [5, 5.41) is 44.7. The van der Waals surface area contributed by atoms with Crippen LogP contribution in [0, 0.1) is 0 Å². The molecule has 3 rings (SSSR count). The number of amides is 1. The van der Waals surface area contributed by atoms with Crippen LogP contribution < -0.4 is 15.3 Å². The normalized spacial score (nSPS) is 15.1. The van der Waals surface area contributed by atoms with Crippen LogP contribution in [-0.4, -0.2) is 58.3 Å². The molecule has 1 aliphatic heterocycles. The Morgan fingerprint density at radius 1 is 1.17 bits per heavy atom. The number of carbonyl (C=O) groups excluding carboxylic acids is 1. The minimum absolute atomic E-state index is 0.119. The van der Waals surface area contributed by atoms with Gasteiger partial charge in [-0.2, -0.15) is 0 Å². The summed E-state index contributed by atoms with van der Waals surface area (Å²) in [6.07, 6.45) is -0.230. The van der Waals surface area contributed by atoms with Crippen LogP contribution in [0.3, 0.4) is 0 Å². The number of hydrogen-bond acceptors (Lipinski definition) is 7. The quantitative estimate of drug-likeness (QED) is 0.364. The van der Waals surface area contributed by atoms with Crippen LogP contribution in [0.25, 0.3) is 0 Å². The van der Waals surface area contributed by atoms with E-state index < -0.39 is 47.8 Å². The van der Waals surface area contributed by atoms with E-state index in [1.54, 1.807) is 25.2 Å². The van der Waals surface area contributed by atoms with E-state index in [0.29, 0.717) is 12.1 Å². The van der Waals surface area contributed by atoms with Crippen LogP contribution in [0.1, 0.15) is 42.2 Å². The van der Waals surface area contributed by atoms with Crippen molar-refractivity contribution < 1.29 is 39.4 Å². The van der Waals surface area contributed by atoms with E-state index in [-0.39, 0.29) is 17.7 Å². The fourth-order valence-corrected chi connectivity index (χ4v) is 3.28. The van der Waals surface area contributed by atoms with Gasteiger partial charge in [0, 0.05) is 17.7 Å². The van der Waals surface area contributed by atoms with Gasteiger partial charge >= 0.3 is 19.1 Å². The van der Waals surface area contributed by atoms with E-state index in [1.165, 1.54) is 0 Å². The molecule has 10 nitrogen and oxygen atoms in total. The fraction of sp³-hybridized carbons (Fsp3) is 0.211. The highest BCUT2D eigenvalue weighted by molar-refractivity contribution is 6.47. The van der Waals surface area contributed by atoms with Crippen molar-refractivity contribution in [2.75, 3.05) is 7.05 Å². The van der Waals surface area contributed by atoms with Crippen molar-refractivity contribution in [2.24, 2.45) is 0 Å². The number of aromatic hydroxyl groups is 1. The van der Waals surface area contributed by atoms with Crippen LogP contribution in [0.5, 0.6) is 11.5 Å². The van der Waals surface area contributed by atoms with Gasteiger partial charge in [0.1, 0.15) is 22.6 Å². The third-order valence-electron chi connectivity index (χ3n) is 4.70. The summed E-state index contributed by atoms with van der Waals surface area (Å²) >= 11 is 0. The summed E-state index contributed by atoms with van der Waals surface area (Å²) < 4.78 is 5.25. The number of nitrogens with one attached hydrogen (secondary N) is 2. The van der Waals surface area contributed by atoms with E-state index in [0.717, 1.165) is 11.6 Å². The first-order valence-electron chi connectivity index (χ1n) is 8.97. The molecule has 1 amide bonds. The van der Waals surface area contributed by atoms with Crippen molar-refractivity contribution in [3.8, 4) is 11.5 Å². The highest BCUT2D eigenvalue weighted by Gasteiger charge is 2.40. The molecule has 0 spiro atoms. The van der Waals surface area contributed by atoms with Crippen molar-refractivity contribution in [1.82, 2.24) is 10.6 Å². The van der Waals surface area contributed by atoms with Gasteiger partial charge in [0.25, 0.3) is 5.91 Å². The maximum atomic E-state index is 12.6. The largest absolute Gasteiger partial charge is 0.547 e. The molecule has 0 fully saturated rings. The first kappa shape index (κ1) is 21.2. The summed E-state index contributed by atoms with van der Waals surface area (Å²) in [5.74, 6) is -5.58. The number of carboxylic acid groups (broad SMARTS) is 2. The fourth-order valence-electron chi connectivity index (χ4n) is 3.28. The molecule has 1 atom stereocenters. The molecular weight excluding hydrogens is 395 g/mol. The van der Waals surface area contributed by atoms with Gasteiger partial charge in [-0.3, -0.25) is 4.79 Å². The number of aromatic carboxylic acids is 2. The summed E-state index contributed by atoms with van der Waals surface area (Å²) in [6, 6.07) is 7.55. The molecule has 1 aliphatic rings. The van der Waals surface area contributed by atoms with Gasteiger partial charge < -0.3 is 35.6 Å². The first-order chi connectivity index (χ1) is 14.2. The van der Waals surface area contributed by atoms with Crippen molar-refractivity contribution in [2.45, 2.75) is 18.9 Å². The lowest BCUT2D eigenvalue weighted by Crippen LogP contribution is -2.53. The lowest BCUT2D eigenvalue weighted by molar-refractivity contribution is 0.0692. The molecule has 11 heteroatoms. The molecule has 0 saturated carbocycles. The predicted octanol–water partition coefficient (Wildman–Crippen LogP) is 0.261. The van der Waals surface area contributed by atoms with Crippen molar-refractivity contribution in [3.63, 3.8) is 0 Å². The van der Waals surface area contributed by atoms with Crippen molar-refractivity contribution >= 4 is 25.0 Å². The zero-order chi connectivity index (χ0) is 22.0. The lowest BCUT2D eigenvalue weighted by atomic mass is 9.71. The number of fused-ring (bicyclic) bond motifs is 1. The molecule has 30 heavy (non-hydrogen) atoms. The number of hydrogen-bond donors (Lipinski definition) is 6. The highest BCUT2D eigenvalue weighted by Crippen LogP contribution is 2.39. The number of benzene rings is 2. The average Bonchev–Trinajstić information content (AvgIpc) is 2.69. The Kier molecular flexibility index (Phi) is 5.95. The molecule has 0 bridgehead atoms. The van der Waals surface area contributed by atoms with Gasteiger partial charge in [-0.25, -0.2) is 9.59 Å². The zero-order valence-electron chi connectivity index (χ0n) is 15.9. The summed E-state index contributed by atoms with van der Waals surface area (Å²) in [4.78, 5) is 35.5. The van der Waals surface area contributed by atoms with Gasteiger partial charge in [0.2, 0.25) is 0 Å². The molecule has 156 valence electrons. The Hall–Kier alpha value is -3.57. The Balaban J connectivity index is 1.91. The molecule has 0 radical (unpaired) electrons. The second kappa shape index (κ2) is 8.43. The lowest BCUT2D eigenvalue weighted by Gasteiger charge is -2.30. The van der Waals surface area contributed by atoms with Crippen LogP contribution >= 0.6 is 0 Å². The topological polar surface area (TPSA) is 165 Å². The van der Waals surface area contributed by atoms with Crippen LogP contribution in [0.4, 0.5) is 0 Å². The molecule has 2 aromatic carbocycles. The van der Waals surface area contributed by atoms with E-state index >= 15 is 0 Å². The molecule has 0 unspecified atom stereocenters. The number of carbonyl (C=O) groups is 3. The van der Waals surface area contributed by atoms with Gasteiger partial charge in [-0.1, -0.05) is 12.1 Å². The van der Waals surface area contributed by atoms with E-state index in [4.69, 9.17) is 4.65 Å². The van der Waals surface area contributed by atoms with E-state index in [9.17, 15) is 34.7 Å². The van der Waals surface area contributed by atoms with Crippen LogP contribution in [-0.2, 0) is 13.0 Å². The second-order valence-corrected chi connectivity index (χ2v) is 6.76. The second-order valence-electron chi connectivity index (χ2n) is 6.76. The third-order valence-corrected chi connectivity index (χ3v) is 4.70. The minimum atomic E-state index is -1.60. The SMILES string of the molecule is CNCc1cccc(C(=O)N[C@H]2Cc3c(O)c(C(=O)O)cc(C(=O)O)c3OB2O)c1. The van der Waals surface area contributed by atoms with Gasteiger partial charge in [0.15, 0.2) is 0 Å². The van der Waals surface area contributed by atoms with E-state index in [1.807, 2.05) is 6.07 Å². The van der Waals surface area contributed by atoms with Crippen LogP contribution in [0.15, 0.2) is 30.3 Å². The molecule has 0 saturated heterocycles. The Morgan fingerprint density at radius 3 is 2.50 bits per heavy atom. The Morgan fingerprint density at radius 2 is 1.87 bits per heavy atom. The van der Waals surface area contributed by atoms with Crippen molar-refractivity contribution in [3.05, 3.63) is 58.1 Å². The number of rotatable bonds is 6. The molecular formula is C19H19BN2O8. The molecule has 1 heterocycles. The average molecular weight is 414 g/mol. The zero-order valence-corrected chi connectivity index (χ0v) is 15.9. The predicted molar refractivity (Wildman–Crippen MR) is 105 cm³/mol. The summed E-state index contributed by atoms with van der Waals surface area (Å²) in [5.41, 5.74) is -0.0483. The molecule has 0 aliphatic carbocycles. The Labute approximate surface area is 171 Å². The third kappa shape index (κ3) is 4.07. The number of phenols is 1. The monoisotopic (exact) mass is 414 g/mol. The number of carboxylic acids is 2. The maximum absolute atomic E-state index is 12.6. The van der Waals surface area contributed by atoms with Crippen molar-refractivity contribution in [1.29, 1.82) is 0 Å². The van der Waals surface area contributed by atoms with E-state index in [2.05, 4.69) is 10.6 Å². The minimum Gasteiger partial charge on any atom is -0.534 e.